The van der Waals surface area contributed by atoms with Gasteiger partial charge >= 0.3 is 0 Å². The number of phenols is 1. The minimum atomic E-state index is 0.123. The van der Waals surface area contributed by atoms with E-state index in [1.165, 1.54) is 20.3 Å². The zero-order chi connectivity index (χ0) is 9.84. The molecule has 0 saturated carbocycles. The van der Waals surface area contributed by atoms with Gasteiger partial charge in [0.05, 0.1) is 14.2 Å². The Balaban J connectivity index is 3.25. The quantitative estimate of drug-likeness (QED) is 0.729. The summed E-state index contributed by atoms with van der Waals surface area (Å²) >= 11 is 0. The second-order valence-corrected chi connectivity index (χ2v) is 2.54. The highest BCUT2D eigenvalue weighted by molar-refractivity contribution is 5.51. The first kappa shape index (κ1) is 9.67. The molecule has 4 nitrogen and oxygen atoms in total. The molecule has 0 spiro atoms. The van der Waals surface area contributed by atoms with Gasteiger partial charge in [0.1, 0.15) is 5.75 Å². The fraction of sp³-hybridized carbons (Fsp3) is 0.333. The molecule has 0 atom stereocenters. The van der Waals surface area contributed by atoms with Gasteiger partial charge in [-0.3, -0.25) is 0 Å². The SMILES string of the molecule is COc1cc(O)cc(CN)c1OC. The fourth-order valence-electron chi connectivity index (χ4n) is 1.18. The maximum Gasteiger partial charge on any atom is 0.165 e. The van der Waals surface area contributed by atoms with Crippen LogP contribution in [0.2, 0.25) is 0 Å². The Bertz CT molecular complexity index is 274. The number of hydrogen-bond acceptors (Lipinski definition) is 4. The van der Waals surface area contributed by atoms with E-state index in [2.05, 4.69) is 0 Å². The summed E-state index contributed by atoms with van der Waals surface area (Å²) in [5.74, 6) is 1.18. The Morgan fingerprint density at radius 2 is 2.00 bits per heavy atom. The van der Waals surface area contributed by atoms with Crippen molar-refractivity contribution in [3.05, 3.63) is 17.7 Å². The molecule has 13 heavy (non-hydrogen) atoms. The molecule has 4 heteroatoms. The number of rotatable bonds is 3. The molecule has 0 bridgehead atoms. The Kier molecular flexibility index (Phi) is 2.97. The van der Waals surface area contributed by atoms with Crippen molar-refractivity contribution in [3.63, 3.8) is 0 Å². The van der Waals surface area contributed by atoms with Crippen molar-refractivity contribution in [1.82, 2.24) is 0 Å². The summed E-state index contributed by atoms with van der Waals surface area (Å²) < 4.78 is 10.1. The Morgan fingerprint density at radius 1 is 1.31 bits per heavy atom. The molecule has 0 radical (unpaired) electrons. The third-order valence-electron chi connectivity index (χ3n) is 1.76. The molecule has 0 aliphatic carbocycles. The number of nitrogens with two attached hydrogens (primary N) is 1. The fourth-order valence-corrected chi connectivity index (χ4v) is 1.18. The first-order chi connectivity index (χ1) is 6.22. The van der Waals surface area contributed by atoms with Crippen molar-refractivity contribution in [3.8, 4) is 17.2 Å². The molecule has 0 saturated heterocycles. The van der Waals surface area contributed by atoms with E-state index in [0.29, 0.717) is 18.0 Å². The average molecular weight is 183 g/mol. The molecule has 0 aliphatic rings. The Labute approximate surface area is 76.9 Å². The molecule has 1 aromatic carbocycles. The highest BCUT2D eigenvalue weighted by Crippen LogP contribution is 2.34. The lowest BCUT2D eigenvalue weighted by Crippen LogP contribution is -2.01. The summed E-state index contributed by atoms with van der Waals surface area (Å²) in [5.41, 5.74) is 6.19. The van der Waals surface area contributed by atoms with Crippen LogP contribution in [-0.2, 0) is 6.54 Å². The monoisotopic (exact) mass is 183 g/mol. The third kappa shape index (κ3) is 1.84. The topological polar surface area (TPSA) is 64.7 Å². The van der Waals surface area contributed by atoms with Crippen LogP contribution < -0.4 is 15.2 Å². The number of hydrogen-bond donors (Lipinski definition) is 2. The van der Waals surface area contributed by atoms with Crippen LogP contribution in [0.25, 0.3) is 0 Å². The highest BCUT2D eigenvalue weighted by atomic mass is 16.5. The second kappa shape index (κ2) is 4.00. The average Bonchev–Trinajstić information content (AvgIpc) is 2.16. The van der Waals surface area contributed by atoms with Crippen molar-refractivity contribution in [2.75, 3.05) is 14.2 Å². The predicted octanol–water partition coefficient (Wildman–Crippen LogP) is 0.868. The van der Waals surface area contributed by atoms with Gasteiger partial charge in [-0.25, -0.2) is 0 Å². The molecule has 3 N–H and O–H groups in total. The van der Waals surface area contributed by atoms with Crippen LogP contribution in [0.3, 0.4) is 0 Å². The second-order valence-electron chi connectivity index (χ2n) is 2.54. The number of ether oxygens (including phenoxy) is 2. The van der Waals surface area contributed by atoms with Gasteiger partial charge in [0, 0.05) is 18.2 Å². The van der Waals surface area contributed by atoms with Crippen molar-refractivity contribution in [1.29, 1.82) is 0 Å². The van der Waals surface area contributed by atoms with Crippen molar-refractivity contribution in [2.24, 2.45) is 5.73 Å². The van der Waals surface area contributed by atoms with Gasteiger partial charge in [-0.15, -0.1) is 0 Å². The molecule has 0 heterocycles. The van der Waals surface area contributed by atoms with Gasteiger partial charge in [0.15, 0.2) is 11.5 Å². The van der Waals surface area contributed by atoms with Crippen LogP contribution in [0, 0.1) is 0 Å². The normalized spacial score (nSPS) is 9.77. The van der Waals surface area contributed by atoms with Crippen LogP contribution in [-0.4, -0.2) is 19.3 Å². The molecule has 0 unspecified atom stereocenters. The van der Waals surface area contributed by atoms with Gasteiger partial charge in [-0.1, -0.05) is 0 Å². The minimum absolute atomic E-state index is 0.123. The van der Waals surface area contributed by atoms with Crippen LogP contribution >= 0.6 is 0 Å². The number of methoxy groups -OCH3 is 2. The molecule has 0 fully saturated rings. The Morgan fingerprint density at radius 3 is 2.46 bits per heavy atom. The third-order valence-corrected chi connectivity index (χ3v) is 1.76. The van der Waals surface area contributed by atoms with Gasteiger partial charge < -0.3 is 20.3 Å². The summed E-state index contributed by atoms with van der Waals surface area (Å²) in [6.07, 6.45) is 0. The van der Waals surface area contributed by atoms with Crippen molar-refractivity contribution < 1.29 is 14.6 Å². The maximum atomic E-state index is 9.28. The van der Waals surface area contributed by atoms with Gasteiger partial charge in [-0.2, -0.15) is 0 Å². The number of phenolic OH excluding ortho intramolecular Hbond substituents is 1. The van der Waals surface area contributed by atoms with E-state index < -0.39 is 0 Å². The first-order valence-electron chi connectivity index (χ1n) is 3.86. The summed E-state index contributed by atoms with van der Waals surface area (Å²) in [6.45, 7) is 0.300. The summed E-state index contributed by atoms with van der Waals surface area (Å²) in [4.78, 5) is 0. The predicted molar refractivity (Wildman–Crippen MR) is 49.1 cm³/mol. The van der Waals surface area contributed by atoms with E-state index in [0.717, 1.165) is 5.56 Å². The molecule has 0 aromatic heterocycles. The maximum absolute atomic E-state index is 9.28. The van der Waals surface area contributed by atoms with Gasteiger partial charge in [0.2, 0.25) is 0 Å². The van der Waals surface area contributed by atoms with Crippen LogP contribution in [0.4, 0.5) is 0 Å². The van der Waals surface area contributed by atoms with Crippen LogP contribution in [0.15, 0.2) is 12.1 Å². The smallest absolute Gasteiger partial charge is 0.165 e. The molecule has 1 rings (SSSR count). The lowest BCUT2D eigenvalue weighted by atomic mass is 10.1. The van der Waals surface area contributed by atoms with E-state index in [1.807, 2.05) is 0 Å². The van der Waals surface area contributed by atoms with Gasteiger partial charge in [0.25, 0.3) is 0 Å². The van der Waals surface area contributed by atoms with E-state index in [-0.39, 0.29) is 5.75 Å². The van der Waals surface area contributed by atoms with Crippen LogP contribution in [0.1, 0.15) is 5.56 Å². The van der Waals surface area contributed by atoms with Gasteiger partial charge in [-0.05, 0) is 6.07 Å². The largest absolute Gasteiger partial charge is 0.508 e. The lowest BCUT2D eigenvalue weighted by molar-refractivity contribution is 0.348. The Hall–Kier alpha value is -1.42. The van der Waals surface area contributed by atoms with Crippen molar-refractivity contribution in [2.45, 2.75) is 6.54 Å². The molecule has 0 aliphatic heterocycles. The van der Waals surface area contributed by atoms with E-state index >= 15 is 0 Å². The molecule has 1 aromatic rings. The molecular weight excluding hydrogens is 170 g/mol. The van der Waals surface area contributed by atoms with Crippen molar-refractivity contribution >= 4 is 0 Å². The number of aromatic hydroxyl groups is 1. The first-order valence-corrected chi connectivity index (χ1v) is 3.86. The van der Waals surface area contributed by atoms with Crippen LogP contribution in [0.5, 0.6) is 17.2 Å². The molecule has 0 amide bonds. The zero-order valence-electron chi connectivity index (χ0n) is 7.70. The van der Waals surface area contributed by atoms with E-state index in [1.54, 1.807) is 6.07 Å². The standard InChI is InChI=1S/C9H13NO3/c1-12-8-4-7(11)3-6(5-10)9(8)13-2/h3-4,11H,5,10H2,1-2H3. The van der Waals surface area contributed by atoms with E-state index in [9.17, 15) is 5.11 Å². The molecular formula is C9H13NO3. The summed E-state index contributed by atoms with van der Waals surface area (Å²) in [7, 11) is 3.05. The van der Waals surface area contributed by atoms with E-state index in [4.69, 9.17) is 15.2 Å². The highest BCUT2D eigenvalue weighted by Gasteiger charge is 2.10. The summed E-state index contributed by atoms with van der Waals surface area (Å²) in [5, 5.41) is 9.28. The molecule has 72 valence electrons. The number of benzene rings is 1. The minimum Gasteiger partial charge on any atom is -0.508 e. The zero-order valence-corrected chi connectivity index (χ0v) is 7.70. The lowest BCUT2D eigenvalue weighted by Gasteiger charge is -2.11. The summed E-state index contributed by atoms with van der Waals surface area (Å²) in [6, 6.07) is 3.04.